The summed E-state index contributed by atoms with van der Waals surface area (Å²) in [5, 5.41) is 29.5. The number of ether oxygens (including phenoxy) is 2. The summed E-state index contributed by atoms with van der Waals surface area (Å²) in [5.74, 6) is -0.135. The molecule has 1 saturated carbocycles. The van der Waals surface area contributed by atoms with Crippen LogP contribution in [-0.2, 0) is 19.1 Å². The first kappa shape index (κ1) is 52.6. The third kappa shape index (κ3) is 12.0. The van der Waals surface area contributed by atoms with Crippen LogP contribution in [0.25, 0.3) is 21.6 Å². The number of nitrogens with one attached hydrogen (secondary N) is 3. The van der Waals surface area contributed by atoms with E-state index in [1.165, 1.54) is 4.90 Å². The third-order valence-electron chi connectivity index (χ3n) is 13.8. The highest BCUT2D eigenvalue weighted by atomic mass is 35.5. The van der Waals surface area contributed by atoms with Gasteiger partial charge in [0.25, 0.3) is 5.91 Å². The van der Waals surface area contributed by atoms with E-state index in [1.54, 1.807) is 47.9 Å². The number of β-amino-alcohol motifs (C(OH)–C–C–N with tert-alkyl or cyclic N) is 1. The average Bonchev–Trinajstić information content (AvgIpc) is 3.96. The lowest BCUT2D eigenvalue weighted by Gasteiger charge is -2.63. The van der Waals surface area contributed by atoms with Crippen LogP contribution in [0.2, 0.25) is 5.02 Å². The Morgan fingerprint density at radius 1 is 0.958 bits per heavy atom. The topological polar surface area (TPSA) is 196 Å². The van der Waals surface area contributed by atoms with Crippen molar-refractivity contribution < 1.29 is 33.8 Å². The molecular weight excluding hydrogens is 938 g/mol. The van der Waals surface area contributed by atoms with E-state index in [0.29, 0.717) is 34.3 Å². The lowest BCUT2D eigenvalue weighted by atomic mass is 9.49. The number of anilines is 1. The van der Waals surface area contributed by atoms with Gasteiger partial charge >= 0.3 is 0 Å². The Labute approximate surface area is 425 Å². The minimum absolute atomic E-state index is 0.00830. The van der Waals surface area contributed by atoms with Crippen LogP contribution in [0.5, 0.6) is 5.75 Å². The molecule has 2 fully saturated rings. The third-order valence-corrected chi connectivity index (χ3v) is 15.1. The summed E-state index contributed by atoms with van der Waals surface area (Å²) in [7, 11) is 0. The van der Waals surface area contributed by atoms with Crippen molar-refractivity contribution in [3.63, 3.8) is 0 Å². The molecule has 0 unspecified atom stereocenters. The number of aromatic nitrogens is 2. The summed E-state index contributed by atoms with van der Waals surface area (Å²) < 4.78 is 12.0. The zero-order valence-electron chi connectivity index (χ0n) is 41.8. The van der Waals surface area contributed by atoms with E-state index in [1.807, 2.05) is 88.7 Å². The maximum atomic E-state index is 14.1. The van der Waals surface area contributed by atoms with Crippen molar-refractivity contribution in [2.75, 3.05) is 31.6 Å². The summed E-state index contributed by atoms with van der Waals surface area (Å²) in [5.41, 5.74) is 6.03. The number of halogens is 1. The van der Waals surface area contributed by atoms with Gasteiger partial charge in [-0.1, -0.05) is 103 Å². The number of amides is 3. The van der Waals surface area contributed by atoms with Crippen molar-refractivity contribution >= 4 is 52.3 Å². The number of nitrogens with zero attached hydrogens (tertiary/aromatic N) is 4. The SMILES string of the molecule is Cc1ncsc1-c1ccc([C@H](C)CC(=O)[C@@H]2C[C@@H](O)CN2C(=O)[C@@H](NC(=O)COCCNc2ccc(-c3ccc(C(=O)NC4C(C)(C)C(Oc5ccc(C#N)c(Cl)c5)C4(C)C)cc3)cn2)C(C)(C)C)cc1. The number of rotatable bonds is 18. The molecule has 71 heavy (non-hydrogen) atoms. The number of thiazole rings is 1. The van der Waals surface area contributed by atoms with E-state index in [9.17, 15) is 29.5 Å². The number of hydrogen-bond donors (Lipinski definition) is 4. The number of nitriles is 1. The molecule has 16 heteroatoms. The number of pyridine rings is 1. The van der Waals surface area contributed by atoms with Crippen molar-refractivity contribution in [3.8, 4) is 33.4 Å². The first-order chi connectivity index (χ1) is 33.6. The second-order valence-corrected chi connectivity index (χ2v) is 22.3. The molecule has 374 valence electrons. The predicted octanol–water partition coefficient (Wildman–Crippen LogP) is 9.00. The Morgan fingerprint density at radius 3 is 2.24 bits per heavy atom. The largest absolute Gasteiger partial charge is 0.489 e. The number of hydrogen-bond acceptors (Lipinski definition) is 12. The van der Waals surface area contributed by atoms with Gasteiger partial charge in [-0.15, -0.1) is 11.3 Å². The minimum Gasteiger partial charge on any atom is -0.489 e. The van der Waals surface area contributed by atoms with Crippen molar-refractivity contribution in [3.05, 3.63) is 118 Å². The van der Waals surface area contributed by atoms with E-state index in [4.69, 9.17) is 21.1 Å². The predicted molar refractivity (Wildman–Crippen MR) is 276 cm³/mol. The molecular formula is C55H64ClN7O7S. The van der Waals surface area contributed by atoms with Crippen LogP contribution in [0.3, 0.4) is 0 Å². The normalized spacial score (nSPS) is 19.9. The highest BCUT2D eigenvalue weighted by molar-refractivity contribution is 7.13. The van der Waals surface area contributed by atoms with Gasteiger partial charge in [-0.25, -0.2) is 9.97 Å². The second kappa shape index (κ2) is 21.7. The molecule has 1 saturated heterocycles. The molecule has 2 aliphatic rings. The van der Waals surface area contributed by atoms with E-state index in [0.717, 1.165) is 32.8 Å². The number of aliphatic hydroxyl groups is 1. The summed E-state index contributed by atoms with van der Waals surface area (Å²) in [6.07, 6.45) is 1.00. The summed E-state index contributed by atoms with van der Waals surface area (Å²) in [6.45, 7) is 18.0. The van der Waals surface area contributed by atoms with E-state index >= 15 is 0 Å². The Balaban J connectivity index is 0.847. The smallest absolute Gasteiger partial charge is 0.251 e. The molecule has 1 aliphatic carbocycles. The van der Waals surface area contributed by atoms with Gasteiger partial charge in [-0.2, -0.15) is 5.26 Å². The number of carbonyl (C=O) groups is 4. The number of aryl methyl sites for hydroxylation is 1. The van der Waals surface area contributed by atoms with Crippen LogP contribution in [0.4, 0.5) is 5.82 Å². The summed E-state index contributed by atoms with van der Waals surface area (Å²) >= 11 is 7.84. The number of likely N-dealkylation sites (tertiary alicyclic amines) is 1. The first-order valence-corrected chi connectivity index (χ1v) is 25.2. The van der Waals surface area contributed by atoms with Crippen LogP contribution in [0.15, 0.2) is 90.6 Å². The van der Waals surface area contributed by atoms with E-state index in [-0.39, 0.29) is 62.4 Å². The fourth-order valence-electron chi connectivity index (χ4n) is 10.2. The fourth-order valence-corrected chi connectivity index (χ4v) is 11.2. The number of ketones is 1. The van der Waals surface area contributed by atoms with E-state index < -0.39 is 46.2 Å². The first-order valence-electron chi connectivity index (χ1n) is 23.9. The highest BCUT2D eigenvalue weighted by Crippen LogP contribution is 2.55. The molecule has 5 aromatic rings. The second-order valence-electron chi connectivity index (χ2n) is 21.0. The van der Waals surface area contributed by atoms with Gasteiger partial charge in [0, 0.05) is 66.2 Å². The van der Waals surface area contributed by atoms with Crippen LogP contribution in [0, 0.1) is 34.5 Å². The molecule has 14 nitrogen and oxygen atoms in total. The molecule has 0 spiro atoms. The van der Waals surface area contributed by atoms with Gasteiger partial charge in [-0.05, 0) is 71.3 Å². The van der Waals surface area contributed by atoms with Gasteiger partial charge in [0.05, 0.1) is 45.4 Å². The fraction of sp³-hybridized carbons (Fsp3) is 0.436. The average molecular weight is 1000 g/mol. The van der Waals surface area contributed by atoms with Crippen LogP contribution < -0.4 is 20.7 Å². The van der Waals surface area contributed by atoms with Gasteiger partial charge < -0.3 is 35.4 Å². The summed E-state index contributed by atoms with van der Waals surface area (Å²) in [4.78, 5) is 66.0. The molecule has 3 amide bonds. The van der Waals surface area contributed by atoms with Crippen LogP contribution >= 0.6 is 22.9 Å². The quantitative estimate of drug-likeness (QED) is 0.0612. The zero-order valence-corrected chi connectivity index (χ0v) is 43.4. The highest BCUT2D eigenvalue weighted by Gasteiger charge is 2.64. The van der Waals surface area contributed by atoms with Gasteiger partial charge in [0.15, 0.2) is 5.78 Å². The van der Waals surface area contributed by atoms with Crippen molar-refractivity contribution in [1.29, 1.82) is 5.26 Å². The number of carbonyl (C=O) groups excluding carboxylic acids is 4. The molecule has 4 N–H and O–H groups in total. The Kier molecular flexibility index (Phi) is 16.1. The molecule has 3 aromatic carbocycles. The number of Topliss-reactive ketones (excluding diaryl/α,β-unsaturated/α-hetero) is 1. The van der Waals surface area contributed by atoms with Crippen molar-refractivity contribution in [2.45, 2.75) is 111 Å². The molecule has 0 bridgehead atoms. The Bertz CT molecular complexity index is 2750. The molecule has 2 aromatic heterocycles. The molecule has 0 radical (unpaired) electrons. The van der Waals surface area contributed by atoms with Crippen molar-refractivity contribution in [1.82, 2.24) is 25.5 Å². The number of aliphatic hydroxyl groups excluding tert-OH is 1. The van der Waals surface area contributed by atoms with E-state index in [2.05, 4.69) is 59.7 Å². The Hall–Kier alpha value is -6.18. The lowest BCUT2D eigenvalue weighted by Crippen LogP contribution is -2.74. The minimum atomic E-state index is -0.960. The van der Waals surface area contributed by atoms with Crippen molar-refractivity contribution in [2.24, 2.45) is 16.2 Å². The van der Waals surface area contributed by atoms with Gasteiger partial charge in [-0.3, -0.25) is 19.2 Å². The molecule has 3 heterocycles. The lowest BCUT2D eigenvalue weighted by molar-refractivity contribution is -0.164. The molecule has 4 atom stereocenters. The molecule has 7 rings (SSSR count). The number of benzene rings is 3. The Morgan fingerprint density at radius 2 is 1.63 bits per heavy atom. The van der Waals surface area contributed by atoms with Gasteiger partial charge in [0.1, 0.15) is 36.4 Å². The standard InChI is InChI=1S/C55H64ClN7O7S/c1-32(34-10-14-36(15-11-34)47-33(2)60-31-71-47)24-44(65)43-25-40(64)29-63(43)50(68)48(53(3,4)5)61-46(66)30-69-23-22-58-45-21-19-39(28-59-45)35-12-16-37(17-13-35)49(67)62-51-54(6,7)52(55(51,8)9)70-41-20-18-38(27-57)42(56)26-41/h10-21,26,28,31-32,40,43,48,51-52,64H,22-25,29-30H2,1-9H3,(H,58,59)(H,61,66)(H,62,67)/t32-,40-,43+,48-,51?,52?/m1/s1. The maximum absolute atomic E-state index is 14.1. The van der Waals surface area contributed by atoms with Crippen LogP contribution in [-0.4, -0.2) is 100 Å². The zero-order chi connectivity index (χ0) is 51.4. The maximum Gasteiger partial charge on any atom is 0.251 e. The monoisotopic (exact) mass is 1000 g/mol. The van der Waals surface area contributed by atoms with Gasteiger partial charge in [0.2, 0.25) is 11.8 Å². The summed E-state index contributed by atoms with van der Waals surface area (Å²) in [6, 6.07) is 24.4. The van der Waals surface area contributed by atoms with Crippen LogP contribution in [0.1, 0.15) is 101 Å². The molecule has 1 aliphatic heterocycles.